The van der Waals surface area contributed by atoms with Crippen LogP contribution in [0.2, 0.25) is 0 Å². The number of nitrogens with two attached hydrogens (primary N) is 2. The molecule has 0 aromatic rings. The van der Waals surface area contributed by atoms with Crippen LogP contribution in [0, 0.1) is 11.8 Å². The zero-order chi connectivity index (χ0) is 16.4. The third-order valence-electron chi connectivity index (χ3n) is 3.54. The minimum atomic E-state index is -1.16. The molecular formula is C14H27N3O4. The minimum absolute atomic E-state index is 0.00676. The van der Waals surface area contributed by atoms with Crippen molar-refractivity contribution in [3.05, 3.63) is 0 Å². The third-order valence-corrected chi connectivity index (χ3v) is 3.54. The van der Waals surface area contributed by atoms with E-state index in [9.17, 15) is 14.4 Å². The van der Waals surface area contributed by atoms with Gasteiger partial charge in [-0.1, -0.05) is 13.8 Å². The largest absolute Gasteiger partial charge is 0.480 e. The first-order valence-electron chi connectivity index (χ1n) is 7.28. The van der Waals surface area contributed by atoms with Crippen molar-refractivity contribution >= 4 is 17.8 Å². The Bertz CT molecular complexity index is 358. The molecule has 0 aliphatic carbocycles. The van der Waals surface area contributed by atoms with Crippen molar-refractivity contribution in [2.75, 3.05) is 6.54 Å². The topological polar surface area (TPSA) is 136 Å². The molecule has 7 heteroatoms. The second-order valence-electron chi connectivity index (χ2n) is 5.58. The molecule has 0 bridgehead atoms. The lowest BCUT2D eigenvalue weighted by molar-refractivity contribution is -0.142. The molecule has 7 nitrogen and oxygen atoms in total. The Labute approximate surface area is 125 Å². The fourth-order valence-electron chi connectivity index (χ4n) is 2.15. The van der Waals surface area contributed by atoms with E-state index in [1.807, 2.05) is 0 Å². The number of carbonyl (C=O) groups is 3. The van der Waals surface area contributed by atoms with E-state index in [4.69, 9.17) is 16.6 Å². The van der Waals surface area contributed by atoms with E-state index in [1.165, 1.54) is 0 Å². The van der Waals surface area contributed by atoms with Crippen molar-refractivity contribution in [1.82, 2.24) is 5.32 Å². The first-order valence-corrected chi connectivity index (χ1v) is 7.28. The second kappa shape index (κ2) is 10.1. The maximum atomic E-state index is 11.8. The summed E-state index contributed by atoms with van der Waals surface area (Å²) in [5.41, 5.74) is 10.5. The zero-order valence-corrected chi connectivity index (χ0v) is 12.8. The number of aliphatic carboxylic acids is 1. The first-order chi connectivity index (χ1) is 9.77. The Kier molecular flexibility index (Phi) is 9.36. The van der Waals surface area contributed by atoms with Crippen molar-refractivity contribution in [2.24, 2.45) is 23.3 Å². The molecule has 0 radical (unpaired) electrons. The fourth-order valence-corrected chi connectivity index (χ4v) is 2.15. The summed E-state index contributed by atoms with van der Waals surface area (Å²) in [6, 6.07) is -1.07. The number of carbonyl (C=O) groups excluding carboxylic acids is 2. The van der Waals surface area contributed by atoms with Crippen LogP contribution in [0.15, 0.2) is 0 Å². The average molecular weight is 301 g/mol. The molecule has 0 saturated heterocycles. The Morgan fingerprint density at radius 2 is 1.71 bits per heavy atom. The summed E-state index contributed by atoms with van der Waals surface area (Å²) in [4.78, 5) is 33.5. The zero-order valence-electron chi connectivity index (χ0n) is 12.8. The molecule has 0 heterocycles. The highest BCUT2D eigenvalue weighted by atomic mass is 16.4. The van der Waals surface area contributed by atoms with Gasteiger partial charge in [0.15, 0.2) is 0 Å². The molecule has 1 unspecified atom stereocenters. The molecule has 0 spiro atoms. The van der Waals surface area contributed by atoms with Crippen LogP contribution >= 0.6 is 0 Å². The summed E-state index contributed by atoms with van der Waals surface area (Å²) in [5, 5.41) is 11.4. The molecular weight excluding hydrogens is 274 g/mol. The van der Waals surface area contributed by atoms with Crippen molar-refractivity contribution in [3.63, 3.8) is 0 Å². The van der Waals surface area contributed by atoms with E-state index < -0.39 is 17.9 Å². The third kappa shape index (κ3) is 9.01. The van der Waals surface area contributed by atoms with Crippen LogP contribution in [-0.4, -0.2) is 35.5 Å². The van der Waals surface area contributed by atoms with Gasteiger partial charge in [0.1, 0.15) is 6.04 Å². The SMILES string of the molecule is CC(C)C(CCN)CCC(=O)N[C@H](CCC(N)=O)C(=O)O. The van der Waals surface area contributed by atoms with Crippen LogP contribution in [0.5, 0.6) is 0 Å². The molecule has 0 aliphatic heterocycles. The van der Waals surface area contributed by atoms with Crippen LogP contribution in [0.3, 0.4) is 0 Å². The summed E-state index contributed by atoms with van der Waals surface area (Å²) in [5.74, 6) is -1.30. The Balaban J connectivity index is 4.30. The highest BCUT2D eigenvalue weighted by molar-refractivity contribution is 5.84. The van der Waals surface area contributed by atoms with Crippen LogP contribution in [0.25, 0.3) is 0 Å². The van der Waals surface area contributed by atoms with Gasteiger partial charge in [-0.3, -0.25) is 9.59 Å². The highest BCUT2D eigenvalue weighted by Gasteiger charge is 2.21. The van der Waals surface area contributed by atoms with Gasteiger partial charge in [0, 0.05) is 12.8 Å². The van der Waals surface area contributed by atoms with Gasteiger partial charge in [0.2, 0.25) is 11.8 Å². The predicted molar refractivity (Wildman–Crippen MR) is 79.2 cm³/mol. The van der Waals surface area contributed by atoms with Gasteiger partial charge in [0.05, 0.1) is 0 Å². The minimum Gasteiger partial charge on any atom is -0.480 e. The lowest BCUT2D eigenvalue weighted by atomic mass is 9.88. The monoisotopic (exact) mass is 301 g/mol. The lowest BCUT2D eigenvalue weighted by Gasteiger charge is -2.20. The van der Waals surface area contributed by atoms with Crippen LogP contribution in [0.1, 0.15) is 46.0 Å². The number of nitrogens with one attached hydrogen (secondary N) is 1. The molecule has 0 aromatic heterocycles. The molecule has 21 heavy (non-hydrogen) atoms. The Hall–Kier alpha value is -1.63. The maximum Gasteiger partial charge on any atom is 0.326 e. The van der Waals surface area contributed by atoms with Crippen molar-refractivity contribution in [2.45, 2.75) is 52.0 Å². The maximum absolute atomic E-state index is 11.8. The first kappa shape index (κ1) is 19.4. The summed E-state index contributed by atoms with van der Waals surface area (Å²) in [6.45, 7) is 4.72. The standard InChI is InChI=1S/C14H27N3O4/c1-9(2)10(7-8-15)3-6-13(19)17-11(14(20)21)4-5-12(16)18/h9-11H,3-8,15H2,1-2H3,(H2,16,18)(H,17,19)(H,20,21)/t10?,11-/m1/s1. The molecule has 122 valence electrons. The molecule has 2 amide bonds. The molecule has 0 saturated carbocycles. The van der Waals surface area contributed by atoms with Crippen molar-refractivity contribution in [1.29, 1.82) is 0 Å². The second-order valence-corrected chi connectivity index (χ2v) is 5.58. The summed E-state index contributed by atoms with van der Waals surface area (Å²) >= 11 is 0. The van der Waals surface area contributed by atoms with Gasteiger partial charge in [-0.25, -0.2) is 4.79 Å². The fraction of sp³-hybridized carbons (Fsp3) is 0.786. The quantitative estimate of drug-likeness (QED) is 0.433. The Morgan fingerprint density at radius 3 is 2.14 bits per heavy atom. The lowest BCUT2D eigenvalue weighted by Crippen LogP contribution is -2.41. The van der Waals surface area contributed by atoms with E-state index in [1.54, 1.807) is 0 Å². The van der Waals surface area contributed by atoms with Gasteiger partial charge < -0.3 is 21.9 Å². The number of hydrogen-bond donors (Lipinski definition) is 4. The molecule has 2 atom stereocenters. The van der Waals surface area contributed by atoms with E-state index in [2.05, 4.69) is 19.2 Å². The number of carboxylic acids is 1. The number of hydrogen-bond acceptors (Lipinski definition) is 4. The smallest absolute Gasteiger partial charge is 0.326 e. The van der Waals surface area contributed by atoms with Gasteiger partial charge in [-0.05, 0) is 37.6 Å². The van der Waals surface area contributed by atoms with Crippen LogP contribution in [0.4, 0.5) is 0 Å². The molecule has 0 aliphatic rings. The summed E-state index contributed by atoms with van der Waals surface area (Å²) < 4.78 is 0. The Morgan fingerprint density at radius 1 is 1.10 bits per heavy atom. The normalized spacial score (nSPS) is 13.7. The van der Waals surface area contributed by atoms with E-state index in [0.29, 0.717) is 24.8 Å². The van der Waals surface area contributed by atoms with Crippen LogP contribution < -0.4 is 16.8 Å². The number of rotatable bonds is 11. The van der Waals surface area contributed by atoms with Gasteiger partial charge in [-0.15, -0.1) is 0 Å². The van der Waals surface area contributed by atoms with Crippen molar-refractivity contribution in [3.8, 4) is 0 Å². The average Bonchev–Trinajstić information content (AvgIpc) is 2.38. The van der Waals surface area contributed by atoms with Crippen LogP contribution in [-0.2, 0) is 14.4 Å². The number of amides is 2. The molecule has 0 aromatic carbocycles. The van der Waals surface area contributed by atoms with E-state index >= 15 is 0 Å². The van der Waals surface area contributed by atoms with Gasteiger partial charge >= 0.3 is 5.97 Å². The molecule has 0 fully saturated rings. The predicted octanol–water partition coefficient (Wildman–Crippen LogP) is 0.223. The summed E-state index contributed by atoms with van der Waals surface area (Å²) in [7, 11) is 0. The number of carboxylic acid groups (broad SMARTS) is 1. The van der Waals surface area contributed by atoms with E-state index in [-0.39, 0.29) is 25.2 Å². The summed E-state index contributed by atoms with van der Waals surface area (Å²) in [6.07, 6.45) is 1.70. The van der Waals surface area contributed by atoms with Gasteiger partial charge in [-0.2, -0.15) is 0 Å². The van der Waals surface area contributed by atoms with Crippen molar-refractivity contribution < 1.29 is 19.5 Å². The highest BCUT2D eigenvalue weighted by Crippen LogP contribution is 2.20. The molecule has 0 rings (SSSR count). The number of primary amides is 1. The van der Waals surface area contributed by atoms with E-state index in [0.717, 1.165) is 6.42 Å². The van der Waals surface area contributed by atoms with Gasteiger partial charge in [0.25, 0.3) is 0 Å². The molecule has 6 N–H and O–H groups in total.